The standard InChI is InChI=1S/C46H75N15O11S/c1-25(2)19-34(43(70)58-33(38(48)65)21-28-23-52-24-54-28)60-42(69)32(10-8-17-53-46(49)50)57-44(71)35(20-27-11-13-29(62)14-12-27)61-41(68)31(9-6-7-16-47)56-45(72)36(22-37(63)64)59-39(66)26(3)55-40(67)30(51-4)15-18-73-5/h11-14,23-26,30-36,51,62H,6-10,15-22,47H2,1-5H3,(H2,48,65)(H,52,54)(H,55,67)(H,56,72)(H,57,71)(H,58,70)(H,59,66)(H,60,69)(H,61,68)(H,63,64)(H4,49,50,53)/t26-,30-,31-,32-,33-,34-,35-,36-/m0/s1. The molecule has 2 aromatic rings. The summed E-state index contributed by atoms with van der Waals surface area (Å²) in [6.45, 7) is 5.27. The number of benzene rings is 1. The number of carbonyl (C=O) groups excluding carboxylic acids is 8. The van der Waals surface area contributed by atoms with E-state index in [9.17, 15) is 53.4 Å². The summed E-state index contributed by atoms with van der Waals surface area (Å²) in [6, 6.07) is -4.59. The number of aromatic nitrogens is 2. The number of nitrogens with zero attached hydrogens (tertiary/aromatic N) is 1. The van der Waals surface area contributed by atoms with E-state index in [0.717, 1.165) is 0 Å². The highest BCUT2D eigenvalue weighted by Gasteiger charge is 2.35. The van der Waals surface area contributed by atoms with Crippen LogP contribution in [0.2, 0.25) is 0 Å². The number of aromatic hydroxyl groups is 1. The fourth-order valence-electron chi connectivity index (χ4n) is 7.24. The van der Waals surface area contributed by atoms with Crippen molar-refractivity contribution in [2.75, 3.05) is 32.1 Å². The van der Waals surface area contributed by atoms with Crippen molar-refractivity contribution in [3.8, 4) is 5.75 Å². The molecule has 1 heterocycles. The van der Waals surface area contributed by atoms with Gasteiger partial charge in [0, 0.05) is 25.6 Å². The van der Waals surface area contributed by atoms with E-state index in [-0.39, 0.29) is 75.7 Å². The highest BCUT2D eigenvalue weighted by Crippen LogP contribution is 2.14. The van der Waals surface area contributed by atoms with Crippen LogP contribution >= 0.6 is 11.8 Å². The zero-order valence-corrected chi connectivity index (χ0v) is 42.8. The van der Waals surface area contributed by atoms with Crippen molar-refractivity contribution in [2.24, 2.45) is 23.1 Å². The molecule has 8 amide bonds. The van der Waals surface area contributed by atoms with Crippen molar-refractivity contribution >= 4 is 70.9 Å². The fraction of sp³-hybridized carbons (Fsp3) is 0.587. The van der Waals surface area contributed by atoms with Crippen LogP contribution in [0.1, 0.15) is 83.4 Å². The maximum absolute atomic E-state index is 14.5. The third-order valence-electron chi connectivity index (χ3n) is 11.2. The van der Waals surface area contributed by atoms with Crippen LogP contribution in [0.4, 0.5) is 0 Å². The number of carboxylic acid groups (broad SMARTS) is 1. The third kappa shape index (κ3) is 23.9. The second-order valence-electron chi connectivity index (χ2n) is 17.8. The van der Waals surface area contributed by atoms with Crippen molar-refractivity contribution in [3.05, 3.63) is 48.0 Å². The van der Waals surface area contributed by atoms with Gasteiger partial charge in [-0.2, -0.15) is 11.8 Å². The summed E-state index contributed by atoms with van der Waals surface area (Å²) >= 11 is 1.52. The number of thioether (sulfide) groups is 1. The lowest BCUT2D eigenvalue weighted by molar-refractivity contribution is -0.141. The molecular weight excluding hydrogens is 971 g/mol. The Bertz CT molecular complexity index is 2130. The van der Waals surface area contributed by atoms with Crippen LogP contribution in [0.25, 0.3) is 0 Å². The molecule has 0 saturated heterocycles. The van der Waals surface area contributed by atoms with Crippen LogP contribution in [0.15, 0.2) is 36.8 Å². The number of hydrogen-bond donors (Lipinski definition) is 16. The van der Waals surface area contributed by atoms with Gasteiger partial charge in [0.15, 0.2) is 5.96 Å². The Morgan fingerprint density at radius 2 is 1.22 bits per heavy atom. The molecule has 2 rings (SSSR count). The quantitative estimate of drug-likeness (QED) is 0.0186. The lowest BCUT2D eigenvalue weighted by Gasteiger charge is -2.28. The van der Waals surface area contributed by atoms with Crippen LogP contribution in [0, 0.1) is 11.3 Å². The summed E-state index contributed by atoms with van der Waals surface area (Å²) < 4.78 is 0. The van der Waals surface area contributed by atoms with Gasteiger partial charge in [0.25, 0.3) is 0 Å². The minimum Gasteiger partial charge on any atom is -0.508 e. The van der Waals surface area contributed by atoms with E-state index in [1.807, 2.05) is 6.26 Å². The topological polar surface area (TPSA) is 433 Å². The largest absolute Gasteiger partial charge is 0.508 e. The van der Waals surface area contributed by atoms with Crippen LogP contribution in [0.5, 0.6) is 5.75 Å². The molecule has 0 spiro atoms. The predicted octanol–water partition coefficient (Wildman–Crippen LogP) is -2.95. The van der Waals surface area contributed by atoms with E-state index >= 15 is 0 Å². The van der Waals surface area contributed by atoms with Gasteiger partial charge in [0.1, 0.15) is 48.0 Å². The zero-order valence-electron chi connectivity index (χ0n) is 42.0. The van der Waals surface area contributed by atoms with Crippen LogP contribution in [0.3, 0.4) is 0 Å². The number of likely N-dealkylation sites (N-methyl/N-ethyl adjacent to an activating group) is 1. The van der Waals surface area contributed by atoms with Crippen molar-refractivity contribution < 1.29 is 53.4 Å². The molecule has 0 fully saturated rings. The summed E-state index contributed by atoms with van der Waals surface area (Å²) in [4.78, 5) is 128. The molecule has 0 aliphatic rings. The smallest absolute Gasteiger partial charge is 0.305 e. The molecule has 406 valence electrons. The number of rotatable bonds is 35. The number of primary amides is 1. The monoisotopic (exact) mass is 1050 g/mol. The van der Waals surface area contributed by atoms with Crippen molar-refractivity contribution in [2.45, 2.75) is 133 Å². The Hall–Kier alpha value is -7.00. The molecule has 0 unspecified atom stereocenters. The second kappa shape index (κ2) is 32.9. The number of guanidine groups is 1. The number of aromatic amines is 1. The van der Waals surface area contributed by atoms with Crippen molar-refractivity contribution in [1.82, 2.24) is 57.8 Å². The SMILES string of the molecule is CN[C@@H](CCSC)C(=O)N[C@@H](C)C(=O)N[C@@H](CC(=O)O)C(=O)N[C@@H](CCCCN)C(=O)N[C@@H](Cc1ccc(O)cc1)C(=O)N[C@@H](CCCNC(=N)N)C(=O)N[C@@H](CC(C)C)C(=O)N[C@@H](Cc1c[nH]cn1)C(N)=O. The van der Waals surface area contributed by atoms with Gasteiger partial charge in [-0.3, -0.25) is 48.6 Å². The lowest BCUT2D eigenvalue weighted by Crippen LogP contribution is -2.60. The molecule has 26 nitrogen and oxygen atoms in total. The third-order valence-corrected chi connectivity index (χ3v) is 11.9. The molecule has 0 aliphatic carbocycles. The Kier molecular flexibility index (Phi) is 28.0. The molecule has 0 aliphatic heterocycles. The van der Waals surface area contributed by atoms with E-state index in [1.165, 1.54) is 55.5 Å². The number of phenolic OH excluding ortho intramolecular Hbond substituents is 1. The number of hydrogen-bond acceptors (Lipinski definition) is 15. The van der Waals surface area contributed by atoms with Gasteiger partial charge in [-0.15, -0.1) is 0 Å². The van der Waals surface area contributed by atoms with Gasteiger partial charge in [-0.05, 0) is 101 Å². The van der Waals surface area contributed by atoms with E-state index in [1.54, 1.807) is 20.9 Å². The van der Waals surface area contributed by atoms with Crippen molar-refractivity contribution in [3.63, 3.8) is 0 Å². The first-order valence-corrected chi connectivity index (χ1v) is 25.3. The van der Waals surface area contributed by atoms with E-state index in [2.05, 4.69) is 57.8 Å². The molecule has 0 saturated carbocycles. The number of carboxylic acids is 1. The highest BCUT2D eigenvalue weighted by molar-refractivity contribution is 7.98. The van der Waals surface area contributed by atoms with Gasteiger partial charge in [0.2, 0.25) is 47.3 Å². The summed E-state index contributed by atoms with van der Waals surface area (Å²) in [7, 11) is 1.59. The number of H-pyrrole nitrogens is 1. The van der Waals surface area contributed by atoms with Gasteiger partial charge < -0.3 is 80.2 Å². The number of phenols is 1. The van der Waals surface area contributed by atoms with Gasteiger partial charge in [-0.25, -0.2) is 4.98 Å². The number of nitrogens with one attached hydrogen (secondary N) is 11. The molecule has 1 aromatic heterocycles. The molecule has 27 heteroatoms. The van der Waals surface area contributed by atoms with Gasteiger partial charge >= 0.3 is 5.97 Å². The molecule has 73 heavy (non-hydrogen) atoms. The summed E-state index contributed by atoms with van der Waals surface area (Å²) in [5, 5.41) is 50.8. The average molecular weight is 1050 g/mol. The second-order valence-corrected chi connectivity index (χ2v) is 18.7. The highest BCUT2D eigenvalue weighted by atomic mass is 32.2. The van der Waals surface area contributed by atoms with Gasteiger partial charge in [-0.1, -0.05) is 26.0 Å². The molecular formula is C46H75N15O11S. The Morgan fingerprint density at radius 1 is 0.685 bits per heavy atom. The first-order chi connectivity index (χ1) is 34.6. The molecule has 0 bridgehead atoms. The number of imidazole rings is 1. The fourth-order valence-corrected chi connectivity index (χ4v) is 7.71. The Balaban J connectivity index is 2.48. The molecule has 1 aromatic carbocycles. The minimum absolute atomic E-state index is 0.0450. The van der Waals surface area contributed by atoms with Gasteiger partial charge in [0.05, 0.1) is 24.5 Å². The summed E-state index contributed by atoms with van der Waals surface area (Å²) in [5.41, 5.74) is 17.7. The van der Waals surface area contributed by atoms with E-state index in [0.29, 0.717) is 29.9 Å². The maximum Gasteiger partial charge on any atom is 0.305 e. The Labute approximate surface area is 428 Å². The molecule has 0 radical (unpaired) electrons. The first kappa shape index (κ1) is 62.1. The summed E-state index contributed by atoms with van der Waals surface area (Å²) in [6.07, 6.45) is 4.85. The predicted molar refractivity (Wildman–Crippen MR) is 272 cm³/mol. The zero-order chi connectivity index (χ0) is 54.6. The number of amides is 8. The minimum atomic E-state index is -1.72. The van der Waals surface area contributed by atoms with E-state index in [4.69, 9.17) is 22.6 Å². The first-order valence-electron chi connectivity index (χ1n) is 23.9. The van der Waals surface area contributed by atoms with Crippen LogP contribution in [-0.2, 0) is 56.0 Å². The average Bonchev–Trinajstić information content (AvgIpc) is 3.84. The number of carbonyl (C=O) groups is 9. The number of unbranched alkanes of at least 4 members (excludes halogenated alkanes) is 1. The van der Waals surface area contributed by atoms with Crippen LogP contribution in [-0.4, -0.2) is 160 Å². The number of nitrogens with two attached hydrogens (primary N) is 3. The molecule has 19 N–H and O–H groups in total. The van der Waals surface area contributed by atoms with Crippen LogP contribution < -0.4 is 65.1 Å². The maximum atomic E-state index is 14.5. The van der Waals surface area contributed by atoms with E-state index < -0.39 is 108 Å². The Morgan fingerprint density at radius 3 is 1.75 bits per heavy atom. The normalized spacial score (nSPS) is 14.3. The summed E-state index contributed by atoms with van der Waals surface area (Å²) in [5.74, 6) is -8.07. The van der Waals surface area contributed by atoms with Crippen molar-refractivity contribution in [1.29, 1.82) is 5.41 Å². The lowest BCUT2D eigenvalue weighted by atomic mass is 10.0. The molecule has 8 atom stereocenters. The number of aliphatic carboxylic acids is 1.